The number of hydrogen-bond donors (Lipinski definition) is 2. The Morgan fingerprint density at radius 1 is 1.38 bits per heavy atom. The molecule has 1 aromatic carbocycles. The second-order valence-corrected chi connectivity index (χ2v) is 6.53. The smallest absolute Gasteiger partial charge is 0.319 e. The van der Waals surface area contributed by atoms with Gasteiger partial charge in [0.15, 0.2) is 0 Å². The van der Waals surface area contributed by atoms with E-state index in [9.17, 15) is 9.18 Å². The van der Waals surface area contributed by atoms with Crippen LogP contribution >= 0.6 is 11.6 Å². The Labute approximate surface area is 145 Å². The number of nitrogens with one attached hydrogen (secondary N) is 2. The van der Waals surface area contributed by atoms with E-state index in [0.29, 0.717) is 11.3 Å². The molecule has 1 aliphatic carbocycles. The molecule has 128 valence electrons. The molecule has 3 rings (SSSR count). The number of halogens is 2. The molecule has 2 amide bonds. The summed E-state index contributed by atoms with van der Waals surface area (Å²) in [6.45, 7) is 1.71. The maximum Gasteiger partial charge on any atom is 0.319 e. The van der Waals surface area contributed by atoms with Gasteiger partial charge in [-0.3, -0.25) is 4.68 Å². The summed E-state index contributed by atoms with van der Waals surface area (Å²) in [6, 6.07) is 4.22. The van der Waals surface area contributed by atoms with Gasteiger partial charge in [-0.2, -0.15) is 5.10 Å². The topological polar surface area (TPSA) is 59.0 Å². The molecule has 2 unspecified atom stereocenters. The highest BCUT2D eigenvalue weighted by molar-refractivity contribution is 6.33. The van der Waals surface area contributed by atoms with Crippen LogP contribution < -0.4 is 10.6 Å². The number of urea groups is 1. The van der Waals surface area contributed by atoms with Crippen LogP contribution in [0.3, 0.4) is 0 Å². The summed E-state index contributed by atoms with van der Waals surface area (Å²) in [5.74, 6) is -0.422. The molecule has 1 fully saturated rings. The zero-order valence-electron chi connectivity index (χ0n) is 13.4. The Bertz CT molecular complexity index is 696. The second kappa shape index (κ2) is 7.21. The Hall–Kier alpha value is -2.08. The minimum Gasteiger partial charge on any atom is -0.333 e. The molecular weight excluding hydrogens is 331 g/mol. The number of carbonyl (C=O) groups is 1. The van der Waals surface area contributed by atoms with Crippen LogP contribution in [0.5, 0.6) is 0 Å². The van der Waals surface area contributed by atoms with Gasteiger partial charge >= 0.3 is 6.03 Å². The van der Waals surface area contributed by atoms with E-state index < -0.39 is 5.82 Å². The standard InChI is InChI=1S/C17H20ClFN4O/c1-11-9-12(19)10-13(18)16(11)22-17(24)21-14-5-2-3-6-15(14)23-8-4-7-20-23/h4,7-10,14-15H,2-3,5-6H2,1H3,(H2,21,22,24). The predicted octanol–water partition coefficient (Wildman–Crippen LogP) is 4.29. The Morgan fingerprint density at radius 3 is 2.88 bits per heavy atom. The third-order valence-electron chi connectivity index (χ3n) is 4.40. The van der Waals surface area contributed by atoms with Gasteiger partial charge in [-0.05, 0) is 43.5 Å². The lowest BCUT2D eigenvalue weighted by Gasteiger charge is -2.32. The van der Waals surface area contributed by atoms with Crippen LogP contribution in [-0.2, 0) is 0 Å². The van der Waals surface area contributed by atoms with Gasteiger partial charge in [0.05, 0.1) is 22.8 Å². The highest BCUT2D eigenvalue weighted by Crippen LogP contribution is 2.29. The molecule has 24 heavy (non-hydrogen) atoms. The fourth-order valence-corrected chi connectivity index (χ4v) is 3.55. The van der Waals surface area contributed by atoms with Crippen LogP contribution in [0, 0.1) is 12.7 Å². The van der Waals surface area contributed by atoms with E-state index in [1.165, 1.54) is 12.1 Å². The summed E-state index contributed by atoms with van der Waals surface area (Å²) in [5, 5.41) is 10.2. The third kappa shape index (κ3) is 3.70. The van der Waals surface area contributed by atoms with Gasteiger partial charge in [-0.15, -0.1) is 0 Å². The molecule has 0 bridgehead atoms. The molecule has 5 nitrogen and oxygen atoms in total. The molecule has 1 aromatic heterocycles. The summed E-state index contributed by atoms with van der Waals surface area (Å²) in [5.41, 5.74) is 1.02. The van der Waals surface area contributed by atoms with Gasteiger partial charge in [0, 0.05) is 12.4 Å². The first-order valence-corrected chi connectivity index (χ1v) is 8.44. The van der Waals surface area contributed by atoms with Gasteiger partial charge < -0.3 is 10.6 Å². The average molecular weight is 351 g/mol. The lowest BCUT2D eigenvalue weighted by Crippen LogP contribution is -2.45. The number of benzene rings is 1. The van der Waals surface area contributed by atoms with Gasteiger partial charge in [0.25, 0.3) is 0 Å². The van der Waals surface area contributed by atoms with E-state index in [2.05, 4.69) is 15.7 Å². The summed E-state index contributed by atoms with van der Waals surface area (Å²) in [7, 11) is 0. The van der Waals surface area contributed by atoms with Crippen molar-refractivity contribution >= 4 is 23.3 Å². The van der Waals surface area contributed by atoms with Crippen LogP contribution in [0.1, 0.15) is 37.3 Å². The van der Waals surface area contributed by atoms with E-state index in [0.717, 1.165) is 25.7 Å². The van der Waals surface area contributed by atoms with Gasteiger partial charge in [0.1, 0.15) is 5.82 Å². The van der Waals surface area contributed by atoms with E-state index in [-0.39, 0.29) is 23.1 Å². The highest BCUT2D eigenvalue weighted by atomic mass is 35.5. The molecule has 1 saturated carbocycles. The van der Waals surface area contributed by atoms with Gasteiger partial charge in [-0.25, -0.2) is 9.18 Å². The van der Waals surface area contributed by atoms with Crippen molar-refractivity contribution in [1.82, 2.24) is 15.1 Å². The van der Waals surface area contributed by atoms with Crippen molar-refractivity contribution in [3.63, 3.8) is 0 Å². The highest BCUT2D eigenvalue weighted by Gasteiger charge is 2.28. The van der Waals surface area contributed by atoms with E-state index in [4.69, 9.17) is 11.6 Å². The molecule has 0 aliphatic heterocycles. The zero-order valence-corrected chi connectivity index (χ0v) is 14.2. The van der Waals surface area contributed by atoms with E-state index >= 15 is 0 Å². The van der Waals surface area contributed by atoms with Crippen LogP contribution in [0.15, 0.2) is 30.6 Å². The first-order chi connectivity index (χ1) is 11.5. The molecular formula is C17H20ClFN4O. The third-order valence-corrected chi connectivity index (χ3v) is 4.70. The number of hydrogen-bond acceptors (Lipinski definition) is 2. The summed E-state index contributed by atoms with van der Waals surface area (Å²) in [6.07, 6.45) is 7.72. The van der Waals surface area contributed by atoms with Crippen molar-refractivity contribution < 1.29 is 9.18 Å². The monoisotopic (exact) mass is 350 g/mol. The van der Waals surface area contributed by atoms with Crippen LogP contribution in [0.2, 0.25) is 5.02 Å². The normalized spacial score (nSPS) is 20.6. The first-order valence-electron chi connectivity index (χ1n) is 8.07. The van der Waals surface area contributed by atoms with E-state index in [1.807, 2.05) is 16.9 Å². The quantitative estimate of drug-likeness (QED) is 0.867. The van der Waals surface area contributed by atoms with Crippen molar-refractivity contribution in [3.05, 3.63) is 47.0 Å². The minimum atomic E-state index is -0.422. The SMILES string of the molecule is Cc1cc(F)cc(Cl)c1NC(=O)NC1CCCCC1n1cccn1. The maximum absolute atomic E-state index is 13.3. The largest absolute Gasteiger partial charge is 0.333 e. The minimum absolute atomic E-state index is 0.00169. The number of aryl methyl sites for hydroxylation is 1. The first kappa shape index (κ1) is 16.8. The Balaban J connectivity index is 1.70. The van der Waals surface area contributed by atoms with Crippen LogP contribution in [-0.4, -0.2) is 21.9 Å². The number of carbonyl (C=O) groups excluding carboxylic acids is 1. The van der Waals surface area contributed by atoms with Crippen LogP contribution in [0.25, 0.3) is 0 Å². The molecule has 2 atom stereocenters. The average Bonchev–Trinajstić information content (AvgIpc) is 3.05. The summed E-state index contributed by atoms with van der Waals surface area (Å²) in [4.78, 5) is 12.4. The Morgan fingerprint density at radius 2 is 2.17 bits per heavy atom. The molecule has 1 aliphatic rings. The van der Waals surface area contributed by atoms with Crippen molar-refractivity contribution in [2.75, 3.05) is 5.32 Å². The lowest BCUT2D eigenvalue weighted by molar-refractivity contribution is 0.223. The number of rotatable bonds is 3. The lowest BCUT2D eigenvalue weighted by atomic mass is 9.90. The van der Waals surface area contributed by atoms with Gasteiger partial charge in [0.2, 0.25) is 0 Å². The number of anilines is 1. The fourth-order valence-electron chi connectivity index (χ4n) is 3.25. The molecule has 0 saturated heterocycles. The molecule has 0 radical (unpaired) electrons. The molecule has 7 heteroatoms. The number of amides is 2. The predicted molar refractivity (Wildman–Crippen MR) is 91.8 cm³/mol. The second-order valence-electron chi connectivity index (χ2n) is 6.12. The van der Waals surface area contributed by atoms with Crippen molar-refractivity contribution in [2.45, 2.75) is 44.7 Å². The van der Waals surface area contributed by atoms with E-state index in [1.54, 1.807) is 13.1 Å². The van der Waals surface area contributed by atoms with Crippen molar-refractivity contribution in [1.29, 1.82) is 0 Å². The van der Waals surface area contributed by atoms with Crippen molar-refractivity contribution in [3.8, 4) is 0 Å². The Kier molecular flexibility index (Phi) is 5.04. The number of aromatic nitrogens is 2. The molecule has 0 spiro atoms. The zero-order chi connectivity index (χ0) is 17.1. The molecule has 2 aromatic rings. The summed E-state index contributed by atoms with van der Waals surface area (Å²) >= 11 is 6.03. The fraction of sp³-hybridized carbons (Fsp3) is 0.412. The van der Waals surface area contributed by atoms with Crippen LogP contribution in [0.4, 0.5) is 14.9 Å². The van der Waals surface area contributed by atoms with Gasteiger partial charge in [-0.1, -0.05) is 24.4 Å². The molecule has 2 N–H and O–H groups in total. The van der Waals surface area contributed by atoms with Crippen molar-refractivity contribution in [2.24, 2.45) is 0 Å². The summed E-state index contributed by atoms with van der Waals surface area (Å²) < 4.78 is 15.2. The maximum atomic E-state index is 13.3. The number of nitrogens with zero attached hydrogens (tertiary/aromatic N) is 2. The molecule has 1 heterocycles.